The summed E-state index contributed by atoms with van der Waals surface area (Å²) in [6.45, 7) is 5.00. The van der Waals surface area contributed by atoms with Gasteiger partial charge in [0.1, 0.15) is 11.9 Å². The Hall–Kier alpha value is -2.14. The molecule has 0 aromatic heterocycles. The largest absolute Gasteiger partial charge is 0.467 e. The van der Waals surface area contributed by atoms with Crippen LogP contribution in [0, 0.1) is 0 Å². The molecule has 2 aromatic rings. The van der Waals surface area contributed by atoms with Gasteiger partial charge in [-0.25, -0.2) is 0 Å². The highest BCUT2D eigenvalue weighted by molar-refractivity contribution is 5.15. The Kier molecular flexibility index (Phi) is 6.23. The van der Waals surface area contributed by atoms with Crippen molar-refractivity contribution < 1.29 is 18.9 Å². The van der Waals surface area contributed by atoms with E-state index in [0.717, 1.165) is 11.1 Å². The number of methoxy groups -OCH3 is 1. The molecule has 1 heterocycles. The first-order valence-corrected chi connectivity index (χ1v) is 8.45. The van der Waals surface area contributed by atoms with Crippen molar-refractivity contribution in [1.82, 2.24) is 0 Å². The van der Waals surface area contributed by atoms with E-state index in [1.165, 1.54) is 0 Å². The molecule has 0 amide bonds. The summed E-state index contributed by atoms with van der Waals surface area (Å²) in [7, 11) is 1.62. The first-order chi connectivity index (χ1) is 12.3. The van der Waals surface area contributed by atoms with E-state index < -0.39 is 0 Å². The molecule has 4 nitrogen and oxygen atoms in total. The Morgan fingerprint density at radius 2 is 1.48 bits per heavy atom. The van der Waals surface area contributed by atoms with Gasteiger partial charge in [0.15, 0.2) is 0 Å². The highest BCUT2D eigenvalue weighted by Gasteiger charge is 2.36. The highest BCUT2D eigenvalue weighted by atomic mass is 16.7. The maximum absolute atomic E-state index is 6.13. The zero-order valence-electron chi connectivity index (χ0n) is 14.5. The Labute approximate surface area is 149 Å². The van der Waals surface area contributed by atoms with Crippen molar-refractivity contribution in [3.8, 4) is 0 Å². The Morgan fingerprint density at radius 1 is 0.920 bits per heavy atom. The van der Waals surface area contributed by atoms with Crippen LogP contribution in [0.15, 0.2) is 73.0 Å². The second-order valence-corrected chi connectivity index (χ2v) is 6.04. The lowest BCUT2D eigenvalue weighted by Crippen LogP contribution is -2.43. The Balaban J connectivity index is 1.64. The molecule has 2 aromatic carbocycles. The number of rotatable bonds is 7. The van der Waals surface area contributed by atoms with Gasteiger partial charge in [-0.05, 0) is 11.1 Å². The van der Waals surface area contributed by atoms with E-state index in [4.69, 9.17) is 18.9 Å². The molecule has 3 rings (SSSR count). The SMILES string of the molecule is C=C1OC(OC)CC(OCc2ccccc2)C1OCc1ccccc1. The van der Waals surface area contributed by atoms with Crippen LogP contribution in [0.2, 0.25) is 0 Å². The van der Waals surface area contributed by atoms with Gasteiger partial charge in [0.25, 0.3) is 0 Å². The second-order valence-electron chi connectivity index (χ2n) is 6.04. The molecule has 0 N–H and O–H groups in total. The third-order valence-electron chi connectivity index (χ3n) is 4.20. The molecule has 1 fully saturated rings. The fourth-order valence-corrected chi connectivity index (χ4v) is 2.84. The van der Waals surface area contributed by atoms with Crippen LogP contribution in [-0.2, 0) is 32.2 Å². The van der Waals surface area contributed by atoms with Crippen LogP contribution < -0.4 is 0 Å². The normalized spacial score (nSPS) is 23.2. The van der Waals surface area contributed by atoms with Gasteiger partial charge in [-0.3, -0.25) is 0 Å². The van der Waals surface area contributed by atoms with Crippen molar-refractivity contribution >= 4 is 0 Å². The average Bonchev–Trinajstić information content (AvgIpc) is 2.67. The van der Waals surface area contributed by atoms with E-state index in [-0.39, 0.29) is 18.5 Å². The number of hydrogen-bond acceptors (Lipinski definition) is 4. The highest BCUT2D eigenvalue weighted by Crippen LogP contribution is 2.28. The molecule has 1 aliphatic heterocycles. The van der Waals surface area contributed by atoms with E-state index in [1.807, 2.05) is 60.7 Å². The Bertz CT molecular complexity index is 656. The van der Waals surface area contributed by atoms with Gasteiger partial charge in [0.2, 0.25) is 6.29 Å². The van der Waals surface area contributed by atoms with Gasteiger partial charge in [0, 0.05) is 13.5 Å². The lowest BCUT2D eigenvalue weighted by atomic mass is 10.1. The molecule has 1 saturated heterocycles. The molecule has 0 aliphatic carbocycles. The topological polar surface area (TPSA) is 36.9 Å². The first kappa shape index (κ1) is 17.7. The molecule has 3 atom stereocenters. The molecule has 3 unspecified atom stereocenters. The van der Waals surface area contributed by atoms with Crippen LogP contribution in [0.3, 0.4) is 0 Å². The molecule has 0 bridgehead atoms. The predicted octanol–water partition coefficient (Wildman–Crippen LogP) is 4.06. The Morgan fingerprint density at radius 3 is 2.04 bits per heavy atom. The minimum atomic E-state index is -0.357. The van der Waals surface area contributed by atoms with Gasteiger partial charge in [-0.15, -0.1) is 0 Å². The zero-order valence-corrected chi connectivity index (χ0v) is 14.5. The molecule has 4 heteroatoms. The first-order valence-electron chi connectivity index (χ1n) is 8.45. The summed E-state index contributed by atoms with van der Waals surface area (Å²) < 4.78 is 23.2. The zero-order chi connectivity index (χ0) is 17.5. The molecular weight excluding hydrogens is 316 g/mol. The van der Waals surface area contributed by atoms with Crippen LogP contribution >= 0.6 is 0 Å². The van der Waals surface area contributed by atoms with Crippen molar-refractivity contribution in [1.29, 1.82) is 0 Å². The van der Waals surface area contributed by atoms with Gasteiger partial charge < -0.3 is 18.9 Å². The summed E-state index contributed by atoms with van der Waals surface area (Å²) in [5.74, 6) is 0.548. The van der Waals surface area contributed by atoms with Gasteiger partial charge in [0.05, 0.1) is 19.3 Å². The minimum absolute atomic E-state index is 0.171. The smallest absolute Gasteiger partial charge is 0.201 e. The summed E-state index contributed by atoms with van der Waals surface area (Å²) in [4.78, 5) is 0. The van der Waals surface area contributed by atoms with Gasteiger partial charge in [-0.2, -0.15) is 0 Å². The van der Waals surface area contributed by atoms with Crippen molar-refractivity contribution in [3.05, 3.63) is 84.1 Å². The summed E-state index contributed by atoms with van der Waals surface area (Å²) in [5.41, 5.74) is 2.22. The molecule has 0 spiro atoms. The molecule has 132 valence electrons. The molecule has 25 heavy (non-hydrogen) atoms. The lowest BCUT2D eigenvalue weighted by Gasteiger charge is -2.37. The molecule has 0 radical (unpaired) electrons. The summed E-state index contributed by atoms with van der Waals surface area (Å²) in [6, 6.07) is 20.1. The van der Waals surface area contributed by atoms with E-state index in [0.29, 0.717) is 25.4 Å². The maximum Gasteiger partial charge on any atom is 0.201 e. The van der Waals surface area contributed by atoms with Crippen LogP contribution in [0.4, 0.5) is 0 Å². The quantitative estimate of drug-likeness (QED) is 0.761. The molecular formula is C21H24O4. The van der Waals surface area contributed by atoms with Gasteiger partial charge >= 0.3 is 0 Å². The number of hydrogen-bond donors (Lipinski definition) is 0. The third kappa shape index (κ3) is 4.92. The average molecular weight is 340 g/mol. The van der Waals surface area contributed by atoms with E-state index in [9.17, 15) is 0 Å². The van der Waals surface area contributed by atoms with Crippen LogP contribution in [0.25, 0.3) is 0 Å². The number of benzene rings is 2. The van der Waals surface area contributed by atoms with Crippen molar-refractivity contribution in [3.63, 3.8) is 0 Å². The van der Waals surface area contributed by atoms with E-state index in [1.54, 1.807) is 7.11 Å². The van der Waals surface area contributed by atoms with Crippen LogP contribution in [0.1, 0.15) is 17.5 Å². The standard InChI is InChI=1S/C21H24O4/c1-16-21(24-15-18-11-7-4-8-12-18)19(13-20(22-2)25-16)23-14-17-9-5-3-6-10-17/h3-12,19-21H,1,13-15H2,2H3. The second kappa shape index (κ2) is 8.81. The summed E-state index contributed by atoms with van der Waals surface area (Å²) in [6.07, 6.45) is -0.253. The predicted molar refractivity (Wildman–Crippen MR) is 95.7 cm³/mol. The van der Waals surface area contributed by atoms with Crippen molar-refractivity contribution in [2.24, 2.45) is 0 Å². The molecule has 0 saturated carbocycles. The van der Waals surface area contributed by atoms with Crippen molar-refractivity contribution in [2.75, 3.05) is 7.11 Å². The fraction of sp³-hybridized carbons (Fsp3) is 0.333. The van der Waals surface area contributed by atoms with Crippen molar-refractivity contribution in [2.45, 2.75) is 38.1 Å². The summed E-state index contributed by atoms with van der Waals surface area (Å²) >= 11 is 0. The summed E-state index contributed by atoms with van der Waals surface area (Å²) in [5, 5.41) is 0. The lowest BCUT2D eigenvalue weighted by molar-refractivity contribution is -0.199. The third-order valence-corrected chi connectivity index (χ3v) is 4.20. The van der Waals surface area contributed by atoms with Crippen LogP contribution in [0.5, 0.6) is 0 Å². The molecule has 1 aliphatic rings. The van der Waals surface area contributed by atoms with Gasteiger partial charge in [-0.1, -0.05) is 67.2 Å². The monoisotopic (exact) mass is 340 g/mol. The maximum atomic E-state index is 6.13. The fourth-order valence-electron chi connectivity index (χ4n) is 2.84. The van der Waals surface area contributed by atoms with Crippen LogP contribution in [-0.4, -0.2) is 25.6 Å². The minimum Gasteiger partial charge on any atom is -0.467 e. The van der Waals surface area contributed by atoms with E-state index in [2.05, 4.69) is 6.58 Å². The van der Waals surface area contributed by atoms with E-state index >= 15 is 0 Å². The number of ether oxygens (including phenoxy) is 4.